The van der Waals surface area contributed by atoms with Crippen LogP contribution in [0.15, 0.2) is 0 Å². The number of hydrogen-bond donors (Lipinski definition) is 0. The molecule has 0 N–H and O–H groups in total. The quantitative estimate of drug-likeness (QED) is 0.313. The Hall–Kier alpha value is 5.40. The molecule has 0 bridgehead atoms. The van der Waals surface area contributed by atoms with Gasteiger partial charge in [0.2, 0.25) is 0 Å². The second kappa shape index (κ2) is 24.6. The van der Waals surface area contributed by atoms with Crippen LogP contribution in [0.4, 0.5) is 0 Å². The number of phosphoric acid groups is 1. The molecule has 0 saturated carbocycles. The van der Waals surface area contributed by atoms with Crippen LogP contribution in [0.2, 0.25) is 0 Å². The van der Waals surface area contributed by atoms with Gasteiger partial charge in [-0.15, -0.1) is 0 Å². The topological polar surface area (TPSA) is 86.2 Å². The maximum atomic E-state index is 8.55. The van der Waals surface area contributed by atoms with Crippen molar-refractivity contribution in [2.24, 2.45) is 0 Å². The molecule has 0 aromatic carbocycles. The summed E-state index contributed by atoms with van der Waals surface area (Å²) in [6, 6.07) is 0. The van der Waals surface area contributed by atoms with Gasteiger partial charge in [-0.1, -0.05) is 0 Å². The Kier molecular flexibility index (Phi) is 98.3. The van der Waals surface area contributed by atoms with Crippen molar-refractivity contribution in [1.29, 1.82) is 0 Å². The largest absolute Gasteiger partial charge is 1.00 e. The molecule has 0 aliphatic carbocycles. The van der Waals surface area contributed by atoms with Crippen LogP contribution in [-0.2, 0) is 4.57 Å². The van der Waals surface area contributed by atoms with Gasteiger partial charge in [0.05, 0.1) is 0 Å². The summed E-state index contributed by atoms with van der Waals surface area (Å²) in [6.07, 6.45) is 0. The summed E-state index contributed by atoms with van der Waals surface area (Å²) in [7, 11) is -5.39. The molecular formula is ClNa5O4P+. The fourth-order valence-electron chi connectivity index (χ4n) is 0. The predicted molar refractivity (Wildman–Crippen MR) is 7.61 cm³/mol. The summed E-state index contributed by atoms with van der Waals surface area (Å²) in [6.45, 7) is 0. The average Bonchev–Trinajstić information content (AvgIpc) is 0.722. The Morgan fingerprint density at radius 2 is 0.727 bits per heavy atom. The van der Waals surface area contributed by atoms with Crippen LogP contribution in [0, 0.1) is 0 Å². The second-order valence-corrected chi connectivity index (χ2v) is 1.34. The third-order valence-electron chi connectivity index (χ3n) is 0. The van der Waals surface area contributed by atoms with Crippen LogP contribution in [0.1, 0.15) is 0 Å². The molecular weight excluding hydrogens is 245 g/mol. The van der Waals surface area contributed by atoms with Gasteiger partial charge in [0.1, 0.15) is 0 Å². The first kappa shape index (κ1) is 44.0. The molecule has 0 saturated heterocycles. The van der Waals surface area contributed by atoms with Gasteiger partial charge in [-0.25, -0.2) is 0 Å². The van der Waals surface area contributed by atoms with E-state index in [4.69, 9.17) is 19.2 Å². The first-order valence-electron chi connectivity index (χ1n) is 0.730. The molecule has 0 radical (unpaired) electrons. The van der Waals surface area contributed by atoms with Crippen molar-refractivity contribution in [3.8, 4) is 0 Å². The third kappa shape index (κ3) is 94.8. The molecule has 11 heteroatoms. The van der Waals surface area contributed by atoms with E-state index < -0.39 is 7.82 Å². The maximum absolute atomic E-state index is 8.55. The van der Waals surface area contributed by atoms with Gasteiger partial charge in [0.15, 0.2) is 0 Å². The molecule has 4 nitrogen and oxygen atoms in total. The third-order valence-corrected chi connectivity index (χ3v) is 0. The number of halogens is 1. The van der Waals surface area contributed by atoms with Crippen LogP contribution >= 0.6 is 7.82 Å². The van der Waals surface area contributed by atoms with Gasteiger partial charge in [-0.3, -0.25) is 0 Å². The summed E-state index contributed by atoms with van der Waals surface area (Å²) in [4.78, 5) is 25.6. The normalized spacial score (nSPS) is 5.36. The van der Waals surface area contributed by atoms with Crippen molar-refractivity contribution < 1.29 is 179 Å². The van der Waals surface area contributed by atoms with Gasteiger partial charge >= 0.3 is 148 Å². The first-order chi connectivity index (χ1) is 2.00. The summed E-state index contributed by atoms with van der Waals surface area (Å²) >= 11 is 0. The summed E-state index contributed by atoms with van der Waals surface area (Å²) in [5.74, 6) is 0. The molecule has 0 aromatic rings. The SMILES string of the molecule is O=P([O-])([O-])[O-].[Cl-].[Na+].[Na+].[Na+].[Na+].[Na+]. The molecule has 0 rings (SSSR count). The summed E-state index contributed by atoms with van der Waals surface area (Å²) in [5.41, 5.74) is 0. The molecule has 11 heavy (non-hydrogen) atoms. The average molecular weight is 245 g/mol. The van der Waals surface area contributed by atoms with Crippen molar-refractivity contribution >= 4 is 7.82 Å². The zero-order valence-electron chi connectivity index (χ0n) is 7.46. The van der Waals surface area contributed by atoms with Gasteiger partial charge in [0.25, 0.3) is 0 Å². The zero-order valence-corrected chi connectivity index (χ0v) is 19.1. The fraction of sp³-hybridized carbons (Fsp3) is 0. The molecule has 0 amide bonds. The predicted octanol–water partition coefficient (Wildman–Crippen LogP) is -20.8. The van der Waals surface area contributed by atoms with E-state index in [1.807, 2.05) is 0 Å². The molecule has 0 spiro atoms. The van der Waals surface area contributed by atoms with Crippen LogP contribution < -0.4 is 175 Å². The van der Waals surface area contributed by atoms with Gasteiger partial charge in [0, 0.05) is 0 Å². The summed E-state index contributed by atoms with van der Waals surface area (Å²) in [5, 5.41) is 0. The van der Waals surface area contributed by atoms with Crippen molar-refractivity contribution in [2.75, 3.05) is 0 Å². The van der Waals surface area contributed by atoms with E-state index in [-0.39, 0.29) is 160 Å². The van der Waals surface area contributed by atoms with E-state index in [1.165, 1.54) is 0 Å². The standard InChI is InChI=1S/ClH.5Na.H3O4P/c;;;;;;1-5(2,3)4/h1H;;;;;;(H3,1,2,3,4)/q;5*+1;/p-4. The Morgan fingerprint density at radius 3 is 0.727 bits per heavy atom. The van der Waals surface area contributed by atoms with E-state index in [0.29, 0.717) is 0 Å². The first-order valence-corrected chi connectivity index (χ1v) is 2.19. The smallest absolute Gasteiger partial charge is 1.00 e. The number of rotatable bonds is 0. The zero-order chi connectivity index (χ0) is 4.50. The summed E-state index contributed by atoms with van der Waals surface area (Å²) < 4.78 is 8.55. The van der Waals surface area contributed by atoms with Gasteiger partial charge in [-0.2, -0.15) is 7.82 Å². The van der Waals surface area contributed by atoms with Crippen LogP contribution in [0.3, 0.4) is 0 Å². The molecule has 40 valence electrons. The minimum atomic E-state index is -5.39. The van der Waals surface area contributed by atoms with Gasteiger partial charge in [-0.05, 0) is 0 Å². The van der Waals surface area contributed by atoms with Crippen LogP contribution in [0.25, 0.3) is 0 Å². The van der Waals surface area contributed by atoms with Crippen molar-refractivity contribution in [2.45, 2.75) is 0 Å². The number of hydrogen-bond acceptors (Lipinski definition) is 4. The van der Waals surface area contributed by atoms with Crippen molar-refractivity contribution in [3.63, 3.8) is 0 Å². The molecule has 0 heterocycles. The molecule has 0 atom stereocenters. The Balaban J connectivity index is -0.00000000533. The van der Waals surface area contributed by atoms with Gasteiger partial charge < -0.3 is 31.7 Å². The molecule has 0 aromatic heterocycles. The fourth-order valence-corrected chi connectivity index (χ4v) is 0. The van der Waals surface area contributed by atoms with Crippen LogP contribution in [-0.4, -0.2) is 0 Å². The van der Waals surface area contributed by atoms with Crippen molar-refractivity contribution in [3.05, 3.63) is 0 Å². The molecule has 0 aliphatic rings. The van der Waals surface area contributed by atoms with E-state index in [2.05, 4.69) is 0 Å². The Bertz CT molecular complexity index is 64.6. The monoisotopic (exact) mass is 245 g/mol. The molecule has 0 unspecified atom stereocenters. The van der Waals surface area contributed by atoms with E-state index >= 15 is 0 Å². The Morgan fingerprint density at radius 1 is 0.727 bits per heavy atom. The van der Waals surface area contributed by atoms with E-state index in [1.54, 1.807) is 0 Å². The minimum Gasteiger partial charge on any atom is -1.00 e. The van der Waals surface area contributed by atoms with E-state index in [0.717, 1.165) is 0 Å². The maximum Gasteiger partial charge on any atom is 1.00 e. The minimum absolute atomic E-state index is 0. The second-order valence-electron chi connectivity index (χ2n) is 0.447. The van der Waals surface area contributed by atoms with Crippen molar-refractivity contribution in [1.82, 2.24) is 0 Å². The molecule has 0 fully saturated rings. The molecule has 0 aliphatic heterocycles. The van der Waals surface area contributed by atoms with E-state index in [9.17, 15) is 0 Å². The van der Waals surface area contributed by atoms with Crippen LogP contribution in [0.5, 0.6) is 0 Å². The Labute approximate surface area is 183 Å².